The Morgan fingerprint density at radius 1 is 1.27 bits per heavy atom. The lowest BCUT2D eigenvalue weighted by molar-refractivity contribution is 0.0175. The molecule has 1 amide bonds. The van der Waals surface area contributed by atoms with Crippen molar-refractivity contribution >= 4 is 5.91 Å². The number of hydrogen-bond donors (Lipinski definition) is 3. The molecular formula is C14H20N4O4. The maximum Gasteiger partial charge on any atom is 0.325 e. The SMILES string of the molecule is O=C(c1c[nH]c(=O)[nH]c1=O)N1CCC(O)(CN2CCCC2)C1. The zero-order valence-electron chi connectivity index (χ0n) is 12.3. The minimum Gasteiger partial charge on any atom is -0.387 e. The summed E-state index contributed by atoms with van der Waals surface area (Å²) in [6.07, 6.45) is 3.91. The molecule has 2 aliphatic heterocycles. The first-order chi connectivity index (χ1) is 10.5. The van der Waals surface area contributed by atoms with Crippen molar-refractivity contribution in [1.29, 1.82) is 0 Å². The van der Waals surface area contributed by atoms with Gasteiger partial charge in [0.25, 0.3) is 11.5 Å². The van der Waals surface area contributed by atoms with Crippen molar-refractivity contribution in [2.24, 2.45) is 0 Å². The van der Waals surface area contributed by atoms with E-state index in [4.69, 9.17) is 0 Å². The molecule has 0 saturated carbocycles. The summed E-state index contributed by atoms with van der Waals surface area (Å²) in [5, 5.41) is 10.7. The van der Waals surface area contributed by atoms with Gasteiger partial charge >= 0.3 is 5.69 Å². The average Bonchev–Trinajstić information content (AvgIpc) is 3.08. The number of aromatic amines is 2. The van der Waals surface area contributed by atoms with Crippen LogP contribution in [0.5, 0.6) is 0 Å². The summed E-state index contributed by atoms with van der Waals surface area (Å²) in [5.41, 5.74) is -2.38. The van der Waals surface area contributed by atoms with Crippen LogP contribution in [0, 0.1) is 0 Å². The number of nitrogens with zero attached hydrogens (tertiary/aromatic N) is 2. The Morgan fingerprint density at radius 2 is 2.00 bits per heavy atom. The molecule has 0 aromatic carbocycles. The normalized spacial score (nSPS) is 25.8. The van der Waals surface area contributed by atoms with Crippen molar-refractivity contribution in [2.75, 3.05) is 32.7 Å². The van der Waals surface area contributed by atoms with Crippen LogP contribution in [-0.4, -0.2) is 69.1 Å². The Hall–Kier alpha value is -1.93. The topological polar surface area (TPSA) is 109 Å². The molecule has 1 aromatic heterocycles. The van der Waals surface area contributed by atoms with Crippen LogP contribution >= 0.6 is 0 Å². The number of H-pyrrole nitrogens is 2. The maximum atomic E-state index is 12.4. The molecule has 3 heterocycles. The third-order valence-electron chi connectivity index (χ3n) is 4.39. The summed E-state index contributed by atoms with van der Waals surface area (Å²) in [4.78, 5) is 43.1. The number of amides is 1. The molecule has 1 atom stereocenters. The van der Waals surface area contributed by atoms with Gasteiger partial charge in [0.2, 0.25) is 0 Å². The number of rotatable bonds is 3. The largest absolute Gasteiger partial charge is 0.387 e. The van der Waals surface area contributed by atoms with Crippen LogP contribution in [0.15, 0.2) is 15.8 Å². The molecule has 3 N–H and O–H groups in total. The van der Waals surface area contributed by atoms with Crippen LogP contribution in [0.2, 0.25) is 0 Å². The summed E-state index contributed by atoms with van der Waals surface area (Å²) < 4.78 is 0. The number of likely N-dealkylation sites (tertiary alicyclic amines) is 2. The first-order valence-electron chi connectivity index (χ1n) is 7.53. The highest BCUT2D eigenvalue weighted by atomic mass is 16.3. The van der Waals surface area contributed by atoms with Gasteiger partial charge in [-0.05, 0) is 32.4 Å². The molecule has 120 valence electrons. The second kappa shape index (κ2) is 5.69. The van der Waals surface area contributed by atoms with Gasteiger partial charge in [0.05, 0.1) is 12.1 Å². The Kier molecular flexibility index (Phi) is 3.88. The lowest BCUT2D eigenvalue weighted by Crippen LogP contribution is -2.45. The monoisotopic (exact) mass is 308 g/mol. The second-order valence-electron chi connectivity index (χ2n) is 6.17. The smallest absolute Gasteiger partial charge is 0.325 e. The van der Waals surface area contributed by atoms with Crippen molar-refractivity contribution in [3.8, 4) is 0 Å². The Bertz CT molecular complexity index is 676. The highest BCUT2D eigenvalue weighted by Crippen LogP contribution is 2.25. The van der Waals surface area contributed by atoms with E-state index >= 15 is 0 Å². The number of hydrogen-bond acceptors (Lipinski definition) is 5. The predicted octanol–water partition coefficient (Wildman–Crippen LogP) is -1.26. The van der Waals surface area contributed by atoms with Crippen molar-refractivity contribution in [3.05, 3.63) is 32.6 Å². The molecule has 3 rings (SSSR count). The van der Waals surface area contributed by atoms with E-state index in [1.165, 1.54) is 4.90 Å². The molecule has 0 radical (unpaired) electrons. The summed E-state index contributed by atoms with van der Waals surface area (Å²) in [5.74, 6) is -0.463. The van der Waals surface area contributed by atoms with E-state index in [1.807, 2.05) is 4.98 Å². The highest BCUT2D eigenvalue weighted by Gasteiger charge is 2.40. The van der Waals surface area contributed by atoms with Crippen LogP contribution in [0.4, 0.5) is 0 Å². The van der Waals surface area contributed by atoms with Crippen LogP contribution in [0.3, 0.4) is 0 Å². The number of aliphatic hydroxyl groups is 1. The van der Waals surface area contributed by atoms with Gasteiger partial charge in [0.15, 0.2) is 0 Å². The minimum absolute atomic E-state index is 0.106. The van der Waals surface area contributed by atoms with Crippen molar-refractivity contribution in [2.45, 2.75) is 24.9 Å². The van der Waals surface area contributed by atoms with Gasteiger partial charge in [-0.2, -0.15) is 0 Å². The highest BCUT2D eigenvalue weighted by molar-refractivity contribution is 5.93. The standard InChI is InChI=1S/C14H20N4O4/c19-11-10(7-15-13(21)16-11)12(20)18-6-3-14(22,9-18)8-17-4-1-2-5-17/h7,22H,1-6,8-9H2,(H2,15,16,19,21). The number of carbonyl (C=O) groups excluding carboxylic acids is 1. The quantitative estimate of drug-likeness (QED) is 0.645. The lowest BCUT2D eigenvalue weighted by Gasteiger charge is -2.28. The molecule has 2 aliphatic rings. The first kappa shape index (κ1) is 15.0. The van der Waals surface area contributed by atoms with Crippen LogP contribution in [0.1, 0.15) is 29.6 Å². The Balaban J connectivity index is 1.70. The summed E-state index contributed by atoms with van der Waals surface area (Å²) in [7, 11) is 0. The van der Waals surface area contributed by atoms with E-state index in [0.717, 1.165) is 32.1 Å². The Morgan fingerprint density at radius 3 is 2.68 bits per heavy atom. The van der Waals surface area contributed by atoms with Crippen LogP contribution in [-0.2, 0) is 0 Å². The minimum atomic E-state index is -0.922. The Labute approximate surface area is 126 Å². The van der Waals surface area contributed by atoms with Gasteiger partial charge in [0.1, 0.15) is 5.56 Å². The van der Waals surface area contributed by atoms with Gasteiger partial charge < -0.3 is 19.9 Å². The van der Waals surface area contributed by atoms with Gasteiger partial charge in [-0.3, -0.25) is 14.6 Å². The summed E-state index contributed by atoms with van der Waals surface area (Å²) in [6.45, 7) is 3.13. The second-order valence-corrected chi connectivity index (χ2v) is 6.17. The van der Waals surface area contributed by atoms with Gasteiger partial charge in [-0.25, -0.2) is 4.79 Å². The molecule has 8 heteroatoms. The van der Waals surface area contributed by atoms with E-state index in [0.29, 0.717) is 19.5 Å². The number of β-amino-alcohol motifs (C(OH)–C–C–N with tert-alkyl or cyclic N) is 1. The van der Waals surface area contributed by atoms with Crippen molar-refractivity contribution in [3.63, 3.8) is 0 Å². The summed E-state index contributed by atoms with van der Waals surface area (Å²) in [6, 6.07) is 0. The fourth-order valence-electron chi connectivity index (χ4n) is 3.25. The number of nitrogens with one attached hydrogen (secondary N) is 2. The fraction of sp³-hybridized carbons (Fsp3) is 0.643. The average molecular weight is 308 g/mol. The van der Waals surface area contributed by atoms with E-state index in [-0.39, 0.29) is 12.1 Å². The van der Waals surface area contributed by atoms with Crippen molar-refractivity contribution < 1.29 is 9.90 Å². The molecule has 2 fully saturated rings. The lowest BCUT2D eigenvalue weighted by atomic mass is 10.0. The van der Waals surface area contributed by atoms with Crippen LogP contribution < -0.4 is 11.2 Å². The number of aromatic nitrogens is 2. The van der Waals surface area contributed by atoms with E-state index < -0.39 is 22.8 Å². The molecule has 0 aliphatic carbocycles. The van der Waals surface area contributed by atoms with Crippen molar-refractivity contribution in [1.82, 2.24) is 19.8 Å². The van der Waals surface area contributed by atoms with E-state index in [1.54, 1.807) is 0 Å². The van der Waals surface area contributed by atoms with Crippen LogP contribution in [0.25, 0.3) is 0 Å². The van der Waals surface area contributed by atoms with Gasteiger partial charge in [-0.15, -0.1) is 0 Å². The molecular weight excluding hydrogens is 288 g/mol. The van der Waals surface area contributed by atoms with E-state index in [2.05, 4.69) is 9.88 Å². The predicted molar refractivity (Wildman–Crippen MR) is 78.8 cm³/mol. The third-order valence-corrected chi connectivity index (χ3v) is 4.39. The third kappa shape index (κ3) is 2.97. The zero-order chi connectivity index (χ0) is 15.7. The molecule has 8 nitrogen and oxygen atoms in total. The molecule has 2 saturated heterocycles. The molecule has 22 heavy (non-hydrogen) atoms. The van der Waals surface area contributed by atoms with Gasteiger partial charge in [-0.1, -0.05) is 0 Å². The zero-order valence-corrected chi connectivity index (χ0v) is 12.3. The molecule has 0 bridgehead atoms. The fourth-order valence-corrected chi connectivity index (χ4v) is 3.25. The van der Waals surface area contributed by atoms with Gasteiger partial charge in [0, 0.05) is 19.3 Å². The maximum absolute atomic E-state index is 12.4. The van der Waals surface area contributed by atoms with E-state index in [9.17, 15) is 19.5 Å². The summed E-state index contributed by atoms with van der Waals surface area (Å²) >= 11 is 0. The molecule has 1 unspecified atom stereocenters. The molecule has 0 spiro atoms. The first-order valence-corrected chi connectivity index (χ1v) is 7.53. The number of carbonyl (C=O) groups is 1. The molecule has 1 aromatic rings.